The zero-order valence-corrected chi connectivity index (χ0v) is 14.5. The number of carbonyl (C=O) groups is 1. The number of aliphatic carboxylic acids is 1. The maximum Gasteiger partial charge on any atom is 0.490 e. The number of H-pyrrole nitrogens is 2. The molecule has 0 fully saturated rings. The van der Waals surface area contributed by atoms with Gasteiger partial charge in [0.2, 0.25) is 0 Å². The summed E-state index contributed by atoms with van der Waals surface area (Å²) in [4.78, 5) is 14.5. The molecule has 2 heterocycles. The first-order chi connectivity index (χ1) is 12.8. The summed E-state index contributed by atoms with van der Waals surface area (Å²) in [5.41, 5.74) is 2.43. The topological polar surface area (TPSA) is 111 Å². The van der Waals surface area contributed by atoms with Crippen molar-refractivity contribution in [3.8, 4) is 0 Å². The number of alkyl halides is 3. The van der Waals surface area contributed by atoms with Crippen LogP contribution in [0.5, 0.6) is 0 Å². The zero-order valence-electron chi connectivity index (χ0n) is 14.5. The number of fused-ring (bicyclic) bond motifs is 1. The number of aromatic nitrogens is 5. The third-order valence-electron chi connectivity index (χ3n) is 3.74. The van der Waals surface area contributed by atoms with Crippen molar-refractivity contribution in [3.05, 3.63) is 36.3 Å². The fourth-order valence-corrected chi connectivity index (χ4v) is 2.42. The number of tetrazole rings is 1. The molecule has 3 aromatic rings. The fourth-order valence-electron chi connectivity index (χ4n) is 2.42. The van der Waals surface area contributed by atoms with Gasteiger partial charge in [-0.05, 0) is 37.6 Å². The van der Waals surface area contributed by atoms with E-state index in [1.54, 1.807) is 0 Å². The summed E-state index contributed by atoms with van der Waals surface area (Å²) >= 11 is 0. The van der Waals surface area contributed by atoms with E-state index in [2.05, 4.69) is 61.7 Å². The van der Waals surface area contributed by atoms with Gasteiger partial charge in [0.05, 0.1) is 0 Å². The van der Waals surface area contributed by atoms with E-state index in [9.17, 15) is 13.2 Å². The van der Waals surface area contributed by atoms with Gasteiger partial charge in [0.15, 0.2) is 5.82 Å². The molecule has 8 nitrogen and oxygen atoms in total. The van der Waals surface area contributed by atoms with Crippen molar-refractivity contribution in [1.29, 1.82) is 0 Å². The summed E-state index contributed by atoms with van der Waals surface area (Å²) in [6, 6.07) is 8.62. The lowest BCUT2D eigenvalue weighted by Gasteiger charge is -2.23. The first kappa shape index (κ1) is 20.2. The molecule has 0 bridgehead atoms. The predicted octanol–water partition coefficient (Wildman–Crippen LogP) is 2.77. The molecule has 0 unspecified atom stereocenters. The number of hydrogen-bond acceptors (Lipinski definition) is 5. The van der Waals surface area contributed by atoms with Crippen LogP contribution in [0.2, 0.25) is 0 Å². The van der Waals surface area contributed by atoms with Crippen molar-refractivity contribution in [1.82, 2.24) is 25.6 Å². The lowest BCUT2D eigenvalue weighted by Crippen LogP contribution is -2.24. The van der Waals surface area contributed by atoms with Crippen LogP contribution in [0.4, 0.5) is 18.9 Å². The standard InChI is InChI=1S/C14H18N6.C2HF3O2/c1-2-20(9-3-4-14-16-18-19-17-14)12-5-6-13-11(10-12)7-8-15-13;3-2(4,5)1(6)7/h5-8,10,15H,2-4,9H2,1H3,(H,16,17,18,19);(H,6,7). The van der Waals surface area contributed by atoms with Gasteiger partial charge >= 0.3 is 12.1 Å². The third kappa shape index (κ3) is 5.97. The van der Waals surface area contributed by atoms with Crippen LogP contribution in [0.1, 0.15) is 19.2 Å². The van der Waals surface area contributed by atoms with Crippen LogP contribution < -0.4 is 4.90 Å². The summed E-state index contributed by atoms with van der Waals surface area (Å²) in [6.07, 6.45) is -1.25. The van der Waals surface area contributed by atoms with E-state index in [1.807, 2.05) is 6.20 Å². The highest BCUT2D eigenvalue weighted by molar-refractivity contribution is 5.83. The molecule has 1 aromatic carbocycles. The number of carboxylic acid groups (broad SMARTS) is 1. The molecule has 2 aromatic heterocycles. The van der Waals surface area contributed by atoms with Crippen LogP contribution in [-0.2, 0) is 11.2 Å². The van der Waals surface area contributed by atoms with Gasteiger partial charge in [-0.2, -0.15) is 18.4 Å². The molecule has 11 heteroatoms. The minimum absolute atomic E-state index is 0.780. The Morgan fingerprint density at radius 2 is 2.04 bits per heavy atom. The smallest absolute Gasteiger partial charge is 0.475 e. The van der Waals surface area contributed by atoms with Gasteiger partial charge in [-0.15, -0.1) is 10.2 Å². The largest absolute Gasteiger partial charge is 0.490 e. The van der Waals surface area contributed by atoms with E-state index >= 15 is 0 Å². The van der Waals surface area contributed by atoms with E-state index in [4.69, 9.17) is 9.90 Å². The molecule has 27 heavy (non-hydrogen) atoms. The minimum Gasteiger partial charge on any atom is -0.475 e. The molecule has 0 amide bonds. The minimum atomic E-state index is -5.08. The van der Waals surface area contributed by atoms with Crippen LogP contribution in [0, 0.1) is 0 Å². The number of aryl methyl sites for hydroxylation is 1. The first-order valence-electron chi connectivity index (χ1n) is 8.15. The molecule has 0 spiro atoms. The Kier molecular flexibility index (Phi) is 6.74. The van der Waals surface area contributed by atoms with E-state index in [1.165, 1.54) is 16.6 Å². The molecule has 0 aliphatic carbocycles. The lowest BCUT2D eigenvalue weighted by atomic mass is 10.2. The number of anilines is 1. The molecule has 0 aliphatic heterocycles. The Labute approximate surface area is 152 Å². The van der Waals surface area contributed by atoms with Crippen molar-refractivity contribution in [2.75, 3.05) is 18.0 Å². The Balaban J connectivity index is 0.000000321. The van der Waals surface area contributed by atoms with E-state index in [0.717, 1.165) is 31.8 Å². The van der Waals surface area contributed by atoms with Crippen molar-refractivity contribution >= 4 is 22.6 Å². The van der Waals surface area contributed by atoms with Crippen molar-refractivity contribution < 1.29 is 23.1 Å². The average Bonchev–Trinajstić information content (AvgIpc) is 3.29. The SMILES string of the molecule is CCN(CCCc1nn[nH]n1)c1ccc2[nH]ccc2c1.O=C(O)C(F)(F)F. The maximum atomic E-state index is 10.6. The number of benzene rings is 1. The van der Waals surface area contributed by atoms with Crippen LogP contribution in [0.15, 0.2) is 30.5 Å². The van der Waals surface area contributed by atoms with Crippen LogP contribution >= 0.6 is 0 Å². The Morgan fingerprint density at radius 1 is 1.30 bits per heavy atom. The second-order valence-electron chi connectivity index (χ2n) is 5.56. The molecule has 0 saturated heterocycles. The molecule has 0 atom stereocenters. The quantitative estimate of drug-likeness (QED) is 0.603. The van der Waals surface area contributed by atoms with Gasteiger partial charge < -0.3 is 15.0 Å². The number of aromatic amines is 2. The molecule has 146 valence electrons. The Hall–Kier alpha value is -3.11. The molecular formula is C16H19F3N6O2. The summed E-state index contributed by atoms with van der Waals surface area (Å²) < 4.78 is 31.7. The normalized spacial score (nSPS) is 11.1. The van der Waals surface area contributed by atoms with Gasteiger partial charge in [-0.25, -0.2) is 4.79 Å². The number of hydrogen-bond donors (Lipinski definition) is 3. The number of rotatable bonds is 6. The van der Waals surface area contributed by atoms with Gasteiger partial charge in [0.25, 0.3) is 0 Å². The molecule has 0 radical (unpaired) electrons. The highest BCUT2D eigenvalue weighted by Crippen LogP contribution is 2.21. The van der Waals surface area contributed by atoms with Crippen LogP contribution in [0.25, 0.3) is 10.9 Å². The monoisotopic (exact) mass is 384 g/mol. The van der Waals surface area contributed by atoms with E-state index < -0.39 is 12.1 Å². The highest BCUT2D eigenvalue weighted by atomic mass is 19.4. The summed E-state index contributed by atoms with van der Waals surface area (Å²) in [5, 5.41) is 22.4. The van der Waals surface area contributed by atoms with Gasteiger partial charge in [-0.1, -0.05) is 5.21 Å². The van der Waals surface area contributed by atoms with Crippen molar-refractivity contribution in [3.63, 3.8) is 0 Å². The van der Waals surface area contributed by atoms with Crippen molar-refractivity contribution in [2.24, 2.45) is 0 Å². The van der Waals surface area contributed by atoms with Gasteiger partial charge in [-0.3, -0.25) is 0 Å². The lowest BCUT2D eigenvalue weighted by molar-refractivity contribution is -0.192. The molecular weight excluding hydrogens is 365 g/mol. The summed E-state index contributed by atoms with van der Waals surface area (Å²) in [5.74, 6) is -1.98. The second kappa shape index (κ2) is 9.01. The summed E-state index contributed by atoms with van der Waals surface area (Å²) in [7, 11) is 0. The van der Waals surface area contributed by atoms with E-state index in [0.29, 0.717) is 0 Å². The zero-order chi connectivity index (χ0) is 19.9. The predicted molar refractivity (Wildman–Crippen MR) is 92.4 cm³/mol. The molecule has 3 rings (SSSR count). The fraction of sp³-hybridized carbons (Fsp3) is 0.375. The van der Waals surface area contributed by atoms with Crippen LogP contribution in [0.3, 0.4) is 0 Å². The van der Waals surface area contributed by atoms with Crippen LogP contribution in [-0.4, -0.2) is 55.9 Å². The number of halogens is 3. The number of nitrogens with zero attached hydrogens (tertiary/aromatic N) is 4. The molecule has 0 aliphatic rings. The third-order valence-corrected chi connectivity index (χ3v) is 3.74. The average molecular weight is 384 g/mol. The van der Waals surface area contributed by atoms with Gasteiger partial charge in [0.1, 0.15) is 0 Å². The first-order valence-corrected chi connectivity index (χ1v) is 8.15. The van der Waals surface area contributed by atoms with Crippen molar-refractivity contribution in [2.45, 2.75) is 25.9 Å². The number of carboxylic acids is 1. The number of nitrogens with one attached hydrogen (secondary N) is 2. The second-order valence-corrected chi connectivity index (χ2v) is 5.56. The Bertz CT molecular complexity index is 847. The molecule has 3 N–H and O–H groups in total. The highest BCUT2D eigenvalue weighted by Gasteiger charge is 2.38. The summed E-state index contributed by atoms with van der Waals surface area (Å²) in [6.45, 7) is 4.15. The molecule has 0 saturated carbocycles. The maximum absolute atomic E-state index is 10.6. The van der Waals surface area contributed by atoms with E-state index in [-0.39, 0.29) is 0 Å². The van der Waals surface area contributed by atoms with Gasteiger partial charge in [0, 0.05) is 42.3 Å². The Morgan fingerprint density at radius 3 is 2.63 bits per heavy atom.